The molecule has 4 saturated carbocycles. The van der Waals surface area contributed by atoms with Gasteiger partial charge in [-0.05, 0) is 85.6 Å². The Morgan fingerprint density at radius 1 is 0.973 bits per heavy atom. The molecule has 0 radical (unpaired) electrons. The molecule has 1 heterocycles. The van der Waals surface area contributed by atoms with Crippen molar-refractivity contribution in [2.45, 2.75) is 44.8 Å². The van der Waals surface area contributed by atoms with Crippen LogP contribution in [0.25, 0.3) is 5.69 Å². The Bertz CT molecular complexity index is 1300. The highest BCUT2D eigenvalue weighted by Gasteiger charge is 2.48. The quantitative estimate of drug-likeness (QED) is 0.430. The maximum atomic E-state index is 14.7. The monoisotopic (exact) mass is 511 g/mol. The van der Waals surface area contributed by atoms with Gasteiger partial charge in [0.05, 0.1) is 13.3 Å². The zero-order valence-electron chi connectivity index (χ0n) is 20.4. The van der Waals surface area contributed by atoms with Gasteiger partial charge in [-0.25, -0.2) is 13.2 Å². The van der Waals surface area contributed by atoms with Crippen molar-refractivity contribution in [2.75, 3.05) is 7.11 Å². The molecule has 4 aliphatic carbocycles. The molecule has 0 atom stereocenters. The van der Waals surface area contributed by atoms with Crippen LogP contribution in [0.5, 0.6) is 11.6 Å². The Kier molecular flexibility index (Phi) is 6.09. The van der Waals surface area contributed by atoms with Gasteiger partial charge in [0.25, 0.3) is 5.91 Å². The third-order valence-electron chi connectivity index (χ3n) is 8.27. The Morgan fingerprint density at radius 2 is 1.65 bits per heavy atom. The highest BCUT2D eigenvalue weighted by Crippen LogP contribution is 2.53. The fraction of sp³-hybridized carbons (Fsp3) is 0.429. The fourth-order valence-corrected chi connectivity index (χ4v) is 6.75. The lowest BCUT2D eigenvalue weighted by molar-refractivity contribution is -0.0120. The number of halogens is 3. The molecule has 6 nitrogen and oxygen atoms in total. The maximum Gasteiger partial charge on any atom is 0.258 e. The van der Waals surface area contributed by atoms with Crippen LogP contribution in [0.4, 0.5) is 13.2 Å². The van der Waals surface area contributed by atoms with Crippen molar-refractivity contribution in [1.82, 2.24) is 15.1 Å². The maximum absolute atomic E-state index is 14.7. The van der Waals surface area contributed by atoms with E-state index in [0.29, 0.717) is 17.6 Å². The van der Waals surface area contributed by atoms with Crippen molar-refractivity contribution >= 4 is 5.91 Å². The number of methoxy groups -OCH3 is 1. The lowest BCUT2D eigenvalue weighted by atomic mass is 9.54. The van der Waals surface area contributed by atoms with Gasteiger partial charge in [-0.2, -0.15) is 9.78 Å². The number of ether oxygens (including phenoxy) is 2. The third kappa shape index (κ3) is 4.34. The van der Waals surface area contributed by atoms with Crippen molar-refractivity contribution in [3.8, 4) is 17.3 Å². The van der Waals surface area contributed by atoms with Crippen molar-refractivity contribution in [3.05, 3.63) is 71.2 Å². The summed E-state index contributed by atoms with van der Waals surface area (Å²) in [7, 11) is 1.56. The average Bonchev–Trinajstić information content (AvgIpc) is 3.32. The first kappa shape index (κ1) is 23.9. The van der Waals surface area contributed by atoms with Gasteiger partial charge in [-0.3, -0.25) is 4.79 Å². The summed E-state index contributed by atoms with van der Waals surface area (Å²) >= 11 is 0. The number of amides is 1. The molecular weight excluding hydrogens is 483 g/mol. The first-order valence-electron chi connectivity index (χ1n) is 12.7. The van der Waals surface area contributed by atoms with E-state index in [9.17, 15) is 18.0 Å². The summed E-state index contributed by atoms with van der Waals surface area (Å²) < 4.78 is 54.5. The standard InChI is InChI=1S/C28H28F3N3O3/c1-36-20-4-2-15(3-5-20)14-37-28-21(13-32-34(28)23-7-6-22(29)24(30)25(23)31)27(35)33-26-18-9-16-8-17(11-18)12-19(26)10-16/h2-7,13,16-19,26H,8-12,14H2,1H3,(H,33,35). The predicted octanol–water partition coefficient (Wildman–Crippen LogP) is 5.43. The average molecular weight is 512 g/mol. The molecule has 0 unspecified atom stereocenters. The van der Waals surface area contributed by atoms with Crippen molar-refractivity contribution < 1.29 is 27.4 Å². The van der Waals surface area contributed by atoms with Gasteiger partial charge in [0.2, 0.25) is 5.88 Å². The molecule has 0 spiro atoms. The van der Waals surface area contributed by atoms with Gasteiger partial charge in [0.15, 0.2) is 17.5 Å². The number of hydrogen-bond acceptors (Lipinski definition) is 4. The number of nitrogens with zero attached hydrogens (tertiary/aromatic N) is 2. The molecule has 4 bridgehead atoms. The van der Waals surface area contributed by atoms with E-state index in [0.717, 1.165) is 59.9 Å². The molecule has 0 saturated heterocycles. The number of nitrogens with one attached hydrogen (secondary N) is 1. The number of hydrogen-bond donors (Lipinski definition) is 1. The minimum Gasteiger partial charge on any atom is -0.497 e. The van der Waals surface area contributed by atoms with Crippen molar-refractivity contribution in [1.29, 1.82) is 0 Å². The summed E-state index contributed by atoms with van der Waals surface area (Å²) in [6, 6.07) is 9.10. The van der Waals surface area contributed by atoms with Gasteiger partial charge in [-0.1, -0.05) is 12.1 Å². The van der Waals surface area contributed by atoms with E-state index >= 15 is 0 Å². The van der Waals surface area contributed by atoms with Crippen LogP contribution in [0.15, 0.2) is 42.6 Å². The lowest BCUT2D eigenvalue weighted by Crippen LogP contribution is -2.55. The second-order valence-corrected chi connectivity index (χ2v) is 10.5. The van der Waals surface area contributed by atoms with E-state index in [1.54, 1.807) is 31.4 Å². The number of carbonyl (C=O) groups excluding carboxylic acids is 1. The zero-order chi connectivity index (χ0) is 25.7. The van der Waals surface area contributed by atoms with E-state index in [1.807, 2.05) is 0 Å². The molecule has 4 fully saturated rings. The molecule has 0 aliphatic heterocycles. The van der Waals surface area contributed by atoms with Crippen LogP contribution in [-0.4, -0.2) is 28.8 Å². The molecule has 1 amide bonds. The summed E-state index contributed by atoms with van der Waals surface area (Å²) in [4.78, 5) is 13.5. The summed E-state index contributed by atoms with van der Waals surface area (Å²) in [5.41, 5.74) is 0.537. The summed E-state index contributed by atoms with van der Waals surface area (Å²) in [6.45, 7) is 0.0410. The van der Waals surface area contributed by atoms with Crippen molar-refractivity contribution in [2.24, 2.45) is 23.7 Å². The molecule has 37 heavy (non-hydrogen) atoms. The van der Waals surface area contributed by atoms with E-state index in [1.165, 1.54) is 12.6 Å². The van der Waals surface area contributed by atoms with Gasteiger partial charge in [0, 0.05) is 6.04 Å². The second-order valence-electron chi connectivity index (χ2n) is 10.5. The molecule has 3 aromatic rings. The van der Waals surface area contributed by atoms with E-state index in [-0.39, 0.29) is 35.7 Å². The Hall–Kier alpha value is -3.49. The van der Waals surface area contributed by atoms with Crippen LogP contribution in [-0.2, 0) is 6.61 Å². The normalized spacial score (nSPS) is 25.8. The molecule has 9 heteroatoms. The third-order valence-corrected chi connectivity index (χ3v) is 8.27. The first-order chi connectivity index (χ1) is 17.9. The van der Waals surface area contributed by atoms with Gasteiger partial charge < -0.3 is 14.8 Å². The second kappa shape index (κ2) is 9.43. The van der Waals surface area contributed by atoms with Crippen LogP contribution >= 0.6 is 0 Å². The molecule has 194 valence electrons. The largest absolute Gasteiger partial charge is 0.497 e. The smallest absolute Gasteiger partial charge is 0.258 e. The minimum absolute atomic E-state index is 0.0398. The minimum atomic E-state index is -1.62. The van der Waals surface area contributed by atoms with Gasteiger partial charge >= 0.3 is 0 Å². The molecule has 2 aromatic carbocycles. The van der Waals surface area contributed by atoms with Gasteiger partial charge in [0.1, 0.15) is 23.6 Å². The van der Waals surface area contributed by atoms with Crippen LogP contribution in [0, 0.1) is 41.1 Å². The Balaban J connectivity index is 1.30. The van der Waals surface area contributed by atoms with Crippen LogP contribution in [0.2, 0.25) is 0 Å². The van der Waals surface area contributed by atoms with E-state index < -0.39 is 17.5 Å². The van der Waals surface area contributed by atoms with Gasteiger partial charge in [-0.15, -0.1) is 0 Å². The highest BCUT2D eigenvalue weighted by atomic mass is 19.2. The Morgan fingerprint density at radius 3 is 2.30 bits per heavy atom. The number of rotatable bonds is 7. The van der Waals surface area contributed by atoms with Crippen LogP contribution < -0.4 is 14.8 Å². The number of carbonyl (C=O) groups is 1. The molecule has 1 N–H and O–H groups in total. The Labute approximate surface area is 212 Å². The van der Waals surface area contributed by atoms with E-state index in [4.69, 9.17) is 9.47 Å². The van der Waals surface area contributed by atoms with Crippen LogP contribution in [0.1, 0.15) is 48.0 Å². The summed E-state index contributed by atoms with van der Waals surface area (Å²) in [6.07, 6.45) is 7.14. The number of benzene rings is 2. The topological polar surface area (TPSA) is 65.4 Å². The molecule has 7 rings (SSSR count). The molecular formula is C28H28F3N3O3. The van der Waals surface area contributed by atoms with Crippen molar-refractivity contribution in [3.63, 3.8) is 0 Å². The zero-order valence-corrected chi connectivity index (χ0v) is 20.4. The fourth-order valence-electron chi connectivity index (χ4n) is 6.75. The molecule has 1 aromatic heterocycles. The SMILES string of the molecule is COc1ccc(COc2c(C(=O)NC3C4CC5CC(C4)CC3C5)cnn2-c2ccc(F)c(F)c2F)cc1. The van der Waals surface area contributed by atoms with Crippen LogP contribution in [0.3, 0.4) is 0 Å². The lowest BCUT2D eigenvalue weighted by Gasteiger charge is -2.54. The predicted molar refractivity (Wildman–Crippen MR) is 129 cm³/mol. The number of aromatic nitrogens is 2. The summed E-state index contributed by atoms with van der Waals surface area (Å²) in [5.74, 6) is -1.62. The highest BCUT2D eigenvalue weighted by molar-refractivity contribution is 5.96. The first-order valence-corrected chi connectivity index (χ1v) is 12.7. The van der Waals surface area contributed by atoms with E-state index in [2.05, 4.69) is 10.4 Å². The molecule has 4 aliphatic rings. The summed E-state index contributed by atoms with van der Waals surface area (Å²) in [5, 5.41) is 7.36.